The van der Waals surface area contributed by atoms with Gasteiger partial charge in [-0.1, -0.05) is 34.6 Å². The van der Waals surface area contributed by atoms with Crippen molar-refractivity contribution >= 4 is 35.0 Å². The summed E-state index contributed by atoms with van der Waals surface area (Å²) in [5.41, 5.74) is 4.00. The zero-order valence-corrected chi connectivity index (χ0v) is 19.1. The van der Waals surface area contributed by atoms with Crippen LogP contribution in [0.3, 0.4) is 0 Å². The average molecular weight is 469 g/mol. The lowest BCUT2D eigenvalue weighted by Crippen LogP contribution is -2.12. The summed E-state index contributed by atoms with van der Waals surface area (Å²) in [6.45, 7) is 4.05. The van der Waals surface area contributed by atoms with Crippen molar-refractivity contribution in [2.75, 3.05) is 5.32 Å². The second-order valence-electron chi connectivity index (χ2n) is 7.21. The van der Waals surface area contributed by atoms with E-state index in [1.807, 2.05) is 44.2 Å². The molecule has 0 unspecified atom stereocenters. The molecule has 8 nitrogen and oxygen atoms in total. The third-order valence-corrected chi connectivity index (χ3v) is 5.87. The number of aromatic amines is 1. The summed E-state index contributed by atoms with van der Waals surface area (Å²) in [5, 5.41) is 15.2. The summed E-state index contributed by atoms with van der Waals surface area (Å²) in [6.07, 6.45) is 0.628. The highest BCUT2D eigenvalue weighted by molar-refractivity contribution is 7.98. The molecular formula is C22H21ClN6O2S. The van der Waals surface area contributed by atoms with Gasteiger partial charge in [-0.25, -0.2) is 4.98 Å². The standard InChI is InChI=1S/C22H21ClN6O2S/c1-13-3-8-17(11-14(13)2)24-19(30)9-10-20-25-18(29-31-20)12-32-22-26-21(27-28-22)15-4-6-16(23)7-5-15/h3-8,11H,9-10,12H2,1-2H3,(H,24,30)(H,26,27,28). The zero-order chi connectivity index (χ0) is 22.5. The summed E-state index contributed by atoms with van der Waals surface area (Å²) >= 11 is 7.31. The number of aromatic nitrogens is 5. The first kappa shape index (κ1) is 22.0. The van der Waals surface area contributed by atoms with Gasteiger partial charge in [0.1, 0.15) is 0 Å². The van der Waals surface area contributed by atoms with Gasteiger partial charge in [-0.3, -0.25) is 9.89 Å². The van der Waals surface area contributed by atoms with Crippen molar-refractivity contribution < 1.29 is 9.32 Å². The van der Waals surface area contributed by atoms with Gasteiger partial charge in [0, 0.05) is 29.1 Å². The first-order chi connectivity index (χ1) is 15.5. The molecule has 2 aromatic carbocycles. The number of benzene rings is 2. The Hall–Kier alpha value is -3.17. The molecule has 164 valence electrons. The van der Waals surface area contributed by atoms with Gasteiger partial charge < -0.3 is 9.84 Å². The molecule has 4 aromatic rings. The summed E-state index contributed by atoms with van der Waals surface area (Å²) in [6, 6.07) is 13.2. The topological polar surface area (TPSA) is 110 Å². The van der Waals surface area contributed by atoms with E-state index in [0.717, 1.165) is 16.8 Å². The molecular weight excluding hydrogens is 448 g/mol. The van der Waals surface area contributed by atoms with Crippen LogP contribution in [0.25, 0.3) is 11.4 Å². The molecule has 0 aliphatic carbocycles. The number of hydrogen-bond donors (Lipinski definition) is 2. The predicted molar refractivity (Wildman–Crippen MR) is 124 cm³/mol. The monoisotopic (exact) mass is 468 g/mol. The Balaban J connectivity index is 1.25. The second kappa shape index (κ2) is 9.97. The van der Waals surface area contributed by atoms with E-state index in [1.54, 1.807) is 12.1 Å². The number of anilines is 1. The Morgan fingerprint density at radius 2 is 1.94 bits per heavy atom. The maximum absolute atomic E-state index is 12.2. The number of rotatable bonds is 8. The predicted octanol–water partition coefficient (Wildman–Crippen LogP) is 4.99. The minimum atomic E-state index is -0.0992. The number of hydrogen-bond acceptors (Lipinski definition) is 7. The summed E-state index contributed by atoms with van der Waals surface area (Å²) in [7, 11) is 0. The lowest BCUT2D eigenvalue weighted by atomic mass is 10.1. The van der Waals surface area contributed by atoms with Crippen LogP contribution in [-0.2, 0) is 17.0 Å². The van der Waals surface area contributed by atoms with Crippen molar-refractivity contribution in [3.8, 4) is 11.4 Å². The average Bonchev–Trinajstić information content (AvgIpc) is 3.43. The molecule has 0 spiro atoms. The molecule has 0 saturated heterocycles. The molecule has 0 aliphatic rings. The first-order valence-electron chi connectivity index (χ1n) is 9.96. The fourth-order valence-electron chi connectivity index (χ4n) is 2.89. The maximum Gasteiger partial charge on any atom is 0.227 e. The number of carbonyl (C=O) groups excluding carboxylic acids is 1. The molecule has 0 radical (unpaired) electrons. The number of aryl methyl sites for hydroxylation is 3. The first-order valence-corrected chi connectivity index (χ1v) is 11.3. The molecule has 2 heterocycles. The van der Waals surface area contributed by atoms with Crippen LogP contribution >= 0.6 is 23.4 Å². The van der Waals surface area contributed by atoms with Crippen LogP contribution in [0.5, 0.6) is 0 Å². The van der Waals surface area contributed by atoms with Crippen LogP contribution < -0.4 is 5.32 Å². The van der Waals surface area contributed by atoms with Gasteiger partial charge in [-0.15, -0.1) is 5.10 Å². The molecule has 1 amide bonds. The Bertz CT molecular complexity index is 1220. The van der Waals surface area contributed by atoms with Crippen LogP contribution in [0.4, 0.5) is 5.69 Å². The molecule has 0 aliphatic heterocycles. The summed E-state index contributed by atoms with van der Waals surface area (Å²) in [4.78, 5) is 21.0. The number of amides is 1. The number of H-pyrrole nitrogens is 1. The Morgan fingerprint density at radius 1 is 1.12 bits per heavy atom. The Kier molecular flexibility index (Phi) is 6.87. The van der Waals surface area contributed by atoms with Crippen molar-refractivity contribution in [2.45, 2.75) is 37.6 Å². The van der Waals surface area contributed by atoms with E-state index >= 15 is 0 Å². The lowest BCUT2D eigenvalue weighted by molar-refractivity contribution is -0.116. The van der Waals surface area contributed by atoms with Gasteiger partial charge in [0.25, 0.3) is 0 Å². The minimum Gasteiger partial charge on any atom is -0.339 e. The summed E-state index contributed by atoms with van der Waals surface area (Å²) in [5.74, 6) is 1.96. The van der Waals surface area contributed by atoms with Crippen molar-refractivity contribution in [1.29, 1.82) is 0 Å². The van der Waals surface area contributed by atoms with E-state index < -0.39 is 0 Å². The van der Waals surface area contributed by atoms with Crippen molar-refractivity contribution in [2.24, 2.45) is 0 Å². The molecule has 10 heteroatoms. The van der Waals surface area contributed by atoms with Gasteiger partial charge in [0.15, 0.2) is 11.6 Å². The number of nitrogens with zero attached hydrogens (tertiary/aromatic N) is 4. The molecule has 0 fully saturated rings. The third-order valence-electron chi connectivity index (χ3n) is 4.78. The van der Waals surface area contributed by atoms with Crippen LogP contribution in [0, 0.1) is 13.8 Å². The normalized spacial score (nSPS) is 11.0. The lowest BCUT2D eigenvalue weighted by Gasteiger charge is -2.06. The third kappa shape index (κ3) is 5.74. The van der Waals surface area contributed by atoms with Gasteiger partial charge in [-0.2, -0.15) is 4.98 Å². The van der Waals surface area contributed by atoms with E-state index in [2.05, 4.69) is 30.6 Å². The largest absolute Gasteiger partial charge is 0.339 e. The van der Waals surface area contributed by atoms with E-state index in [9.17, 15) is 4.79 Å². The molecule has 4 rings (SSSR count). The highest BCUT2D eigenvalue weighted by atomic mass is 35.5. The highest BCUT2D eigenvalue weighted by Crippen LogP contribution is 2.23. The zero-order valence-electron chi connectivity index (χ0n) is 17.6. The fourth-order valence-corrected chi connectivity index (χ4v) is 3.66. The van der Waals surface area contributed by atoms with Gasteiger partial charge >= 0.3 is 0 Å². The van der Waals surface area contributed by atoms with Gasteiger partial charge in [0.2, 0.25) is 17.0 Å². The molecule has 0 atom stereocenters. The van der Waals surface area contributed by atoms with Crippen molar-refractivity contribution in [1.82, 2.24) is 25.3 Å². The van der Waals surface area contributed by atoms with Crippen molar-refractivity contribution in [3.63, 3.8) is 0 Å². The van der Waals surface area contributed by atoms with Gasteiger partial charge in [0.05, 0.1) is 5.75 Å². The second-order valence-corrected chi connectivity index (χ2v) is 8.59. The van der Waals surface area contributed by atoms with Gasteiger partial charge in [-0.05, 0) is 61.4 Å². The smallest absolute Gasteiger partial charge is 0.227 e. The molecule has 32 heavy (non-hydrogen) atoms. The SMILES string of the molecule is Cc1ccc(NC(=O)CCc2nc(CSc3n[nH]c(-c4ccc(Cl)cc4)n3)no2)cc1C. The summed E-state index contributed by atoms with van der Waals surface area (Å²) < 4.78 is 5.26. The molecule has 2 N–H and O–H groups in total. The van der Waals surface area contributed by atoms with E-state index in [1.165, 1.54) is 17.3 Å². The van der Waals surface area contributed by atoms with Crippen LogP contribution in [-0.4, -0.2) is 31.2 Å². The Morgan fingerprint density at radius 3 is 2.72 bits per heavy atom. The van der Waals surface area contributed by atoms with E-state index in [-0.39, 0.29) is 12.3 Å². The van der Waals surface area contributed by atoms with E-state index in [4.69, 9.17) is 16.1 Å². The quantitative estimate of drug-likeness (QED) is 0.350. The Labute approximate surface area is 194 Å². The number of halogens is 1. The minimum absolute atomic E-state index is 0.0992. The molecule has 0 saturated carbocycles. The highest BCUT2D eigenvalue weighted by Gasteiger charge is 2.12. The number of nitrogens with one attached hydrogen (secondary N) is 2. The number of thioether (sulfide) groups is 1. The molecule has 0 bridgehead atoms. The fraction of sp³-hybridized carbons (Fsp3) is 0.227. The van der Waals surface area contributed by atoms with Crippen LogP contribution in [0.2, 0.25) is 5.02 Å². The number of carbonyl (C=O) groups is 1. The van der Waals surface area contributed by atoms with Crippen LogP contribution in [0.15, 0.2) is 52.1 Å². The van der Waals surface area contributed by atoms with Crippen LogP contribution in [0.1, 0.15) is 29.3 Å². The van der Waals surface area contributed by atoms with E-state index in [0.29, 0.717) is 39.9 Å². The van der Waals surface area contributed by atoms with Crippen molar-refractivity contribution in [3.05, 3.63) is 70.3 Å². The molecule has 2 aromatic heterocycles. The maximum atomic E-state index is 12.2.